The van der Waals surface area contributed by atoms with Gasteiger partial charge in [0.15, 0.2) is 5.78 Å². The van der Waals surface area contributed by atoms with Gasteiger partial charge in [-0.2, -0.15) is 0 Å². The standard InChI is InChI=1S/C13H18O2/c1-9-4-5-13(15)10(6-9)7-11(14)8-12(13,2)3/h6-7,15H,4-5,8H2,1-3H3. The van der Waals surface area contributed by atoms with Gasteiger partial charge in [-0.1, -0.05) is 25.5 Å². The van der Waals surface area contributed by atoms with Crippen LogP contribution in [0.3, 0.4) is 0 Å². The summed E-state index contributed by atoms with van der Waals surface area (Å²) in [5.74, 6) is 0.130. The number of allylic oxidation sites excluding steroid dienone is 2. The molecule has 2 aliphatic carbocycles. The van der Waals surface area contributed by atoms with Gasteiger partial charge in [0.05, 0.1) is 5.60 Å². The van der Waals surface area contributed by atoms with Crippen LogP contribution in [0.25, 0.3) is 0 Å². The van der Waals surface area contributed by atoms with E-state index in [0.717, 1.165) is 18.4 Å². The molecule has 0 saturated heterocycles. The lowest BCUT2D eigenvalue weighted by molar-refractivity contribution is -0.124. The molecule has 0 bridgehead atoms. The van der Waals surface area contributed by atoms with Crippen LogP contribution in [-0.4, -0.2) is 16.5 Å². The van der Waals surface area contributed by atoms with Crippen LogP contribution < -0.4 is 0 Å². The van der Waals surface area contributed by atoms with Crippen molar-refractivity contribution in [2.75, 3.05) is 0 Å². The van der Waals surface area contributed by atoms with Crippen molar-refractivity contribution in [2.24, 2.45) is 5.41 Å². The van der Waals surface area contributed by atoms with E-state index in [0.29, 0.717) is 6.42 Å². The molecule has 0 aromatic rings. The van der Waals surface area contributed by atoms with Crippen molar-refractivity contribution in [3.63, 3.8) is 0 Å². The van der Waals surface area contributed by atoms with Crippen molar-refractivity contribution in [1.82, 2.24) is 0 Å². The molecule has 1 unspecified atom stereocenters. The van der Waals surface area contributed by atoms with Gasteiger partial charge in [0, 0.05) is 11.8 Å². The topological polar surface area (TPSA) is 37.3 Å². The van der Waals surface area contributed by atoms with Gasteiger partial charge in [0.1, 0.15) is 0 Å². The maximum Gasteiger partial charge on any atom is 0.156 e. The Morgan fingerprint density at radius 3 is 2.67 bits per heavy atom. The summed E-state index contributed by atoms with van der Waals surface area (Å²) in [6.45, 7) is 6.01. The number of carbonyl (C=O) groups is 1. The fraction of sp³-hybridized carbons (Fsp3) is 0.615. The van der Waals surface area contributed by atoms with Crippen molar-refractivity contribution in [2.45, 2.75) is 45.6 Å². The molecule has 0 amide bonds. The highest BCUT2D eigenvalue weighted by Crippen LogP contribution is 2.49. The predicted molar refractivity (Wildman–Crippen MR) is 59.4 cm³/mol. The number of ketones is 1. The van der Waals surface area contributed by atoms with Gasteiger partial charge >= 0.3 is 0 Å². The van der Waals surface area contributed by atoms with Crippen LogP contribution >= 0.6 is 0 Å². The highest BCUT2D eigenvalue weighted by molar-refractivity contribution is 5.93. The molecule has 0 spiro atoms. The number of fused-ring (bicyclic) bond motifs is 1. The van der Waals surface area contributed by atoms with Crippen LogP contribution in [0.15, 0.2) is 23.3 Å². The molecular formula is C13H18O2. The Kier molecular flexibility index (Phi) is 2.16. The lowest BCUT2D eigenvalue weighted by Crippen LogP contribution is -2.50. The molecule has 0 aliphatic heterocycles. The average molecular weight is 206 g/mol. The van der Waals surface area contributed by atoms with Crippen molar-refractivity contribution in [3.05, 3.63) is 23.3 Å². The molecule has 0 heterocycles. The zero-order chi connectivity index (χ0) is 11.3. The van der Waals surface area contributed by atoms with E-state index < -0.39 is 5.60 Å². The van der Waals surface area contributed by atoms with E-state index in [1.54, 1.807) is 6.08 Å². The monoisotopic (exact) mass is 206 g/mol. The number of aliphatic hydroxyl groups is 1. The number of rotatable bonds is 0. The summed E-state index contributed by atoms with van der Waals surface area (Å²) < 4.78 is 0. The average Bonchev–Trinajstić information content (AvgIpc) is 2.08. The van der Waals surface area contributed by atoms with E-state index in [2.05, 4.69) is 0 Å². The summed E-state index contributed by atoms with van der Waals surface area (Å²) in [4.78, 5) is 11.6. The largest absolute Gasteiger partial charge is 0.385 e. The van der Waals surface area contributed by atoms with E-state index in [9.17, 15) is 9.90 Å². The SMILES string of the molecule is CC1=CC2=CC(=O)CC(C)(C)C2(O)CC1. The summed E-state index contributed by atoms with van der Waals surface area (Å²) in [6, 6.07) is 0. The van der Waals surface area contributed by atoms with Crippen LogP contribution in [0.5, 0.6) is 0 Å². The Bertz CT molecular complexity index is 374. The van der Waals surface area contributed by atoms with Crippen molar-refractivity contribution < 1.29 is 9.90 Å². The van der Waals surface area contributed by atoms with Crippen molar-refractivity contribution in [3.8, 4) is 0 Å². The minimum atomic E-state index is -0.805. The minimum absolute atomic E-state index is 0.130. The molecule has 2 heteroatoms. The first kappa shape index (κ1) is 10.6. The second-order valence-corrected chi connectivity index (χ2v) is 5.48. The first-order chi connectivity index (χ1) is 6.85. The summed E-state index contributed by atoms with van der Waals surface area (Å²) in [6.07, 6.45) is 5.70. The lowest BCUT2D eigenvalue weighted by Gasteiger charge is -2.48. The fourth-order valence-corrected chi connectivity index (χ4v) is 2.68. The Hall–Kier alpha value is -0.890. The van der Waals surface area contributed by atoms with Gasteiger partial charge in [0.2, 0.25) is 0 Å². The molecule has 82 valence electrons. The molecule has 0 radical (unpaired) electrons. The normalized spacial score (nSPS) is 34.3. The number of hydrogen-bond acceptors (Lipinski definition) is 2. The van der Waals surface area contributed by atoms with Crippen molar-refractivity contribution >= 4 is 5.78 Å². The Morgan fingerprint density at radius 2 is 2.00 bits per heavy atom. The molecule has 0 aromatic heterocycles. The molecular weight excluding hydrogens is 188 g/mol. The van der Waals surface area contributed by atoms with Gasteiger partial charge in [-0.25, -0.2) is 0 Å². The maximum absolute atomic E-state index is 11.6. The first-order valence-corrected chi connectivity index (χ1v) is 5.50. The van der Waals surface area contributed by atoms with Crippen LogP contribution in [0.4, 0.5) is 0 Å². The Morgan fingerprint density at radius 1 is 1.33 bits per heavy atom. The smallest absolute Gasteiger partial charge is 0.156 e. The summed E-state index contributed by atoms with van der Waals surface area (Å²) in [5, 5.41) is 10.7. The van der Waals surface area contributed by atoms with E-state index in [4.69, 9.17) is 0 Å². The number of carbonyl (C=O) groups excluding carboxylic acids is 1. The van der Waals surface area contributed by atoms with Gasteiger partial charge in [-0.05, 0) is 31.4 Å². The fourth-order valence-electron chi connectivity index (χ4n) is 2.68. The molecule has 0 aromatic carbocycles. The Balaban J connectivity index is 2.54. The van der Waals surface area contributed by atoms with Crippen LogP contribution in [0, 0.1) is 5.41 Å². The minimum Gasteiger partial charge on any atom is -0.385 e. The van der Waals surface area contributed by atoms with Crippen LogP contribution in [-0.2, 0) is 4.79 Å². The zero-order valence-electron chi connectivity index (χ0n) is 9.63. The summed E-state index contributed by atoms with van der Waals surface area (Å²) >= 11 is 0. The predicted octanol–water partition coefficient (Wildman–Crippen LogP) is 2.38. The molecule has 15 heavy (non-hydrogen) atoms. The zero-order valence-corrected chi connectivity index (χ0v) is 9.63. The van der Waals surface area contributed by atoms with Crippen molar-refractivity contribution in [1.29, 1.82) is 0 Å². The van der Waals surface area contributed by atoms with E-state index in [-0.39, 0.29) is 11.2 Å². The third-order valence-electron chi connectivity index (χ3n) is 3.81. The lowest BCUT2D eigenvalue weighted by atomic mass is 9.60. The molecule has 1 N–H and O–H groups in total. The molecule has 0 fully saturated rings. The maximum atomic E-state index is 11.6. The van der Waals surface area contributed by atoms with Crippen LogP contribution in [0.2, 0.25) is 0 Å². The summed E-state index contributed by atoms with van der Waals surface area (Å²) in [7, 11) is 0. The second-order valence-electron chi connectivity index (χ2n) is 5.48. The molecule has 2 rings (SSSR count). The third kappa shape index (κ3) is 1.48. The molecule has 0 saturated carbocycles. The molecule has 2 nitrogen and oxygen atoms in total. The third-order valence-corrected chi connectivity index (χ3v) is 3.81. The van der Waals surface area contributed by atoms with Gasteiger partial charge in [-0.3, -0.25) is 4.79 Å². The highest BCUT2D eigenvalue weighted by atomic mass is 16.3. The van der Waals surface area contributed by atoms with E-state index in [1.807, 2.05) is 26.8 Å². The van der Waals surface area contributed by atoms with Crippen LogP contribution in [0.1, 0.15) is 40.0 Å². The van der Waals surface area contributed by atoms with E-state index in [1.165, 1.54) is 5.57 Å². The van der Waals surface area contributed by atoms with Gasteiger partial charge < -0.3 is 5.11 Å². The Labute approximate surface area is 90.7 Å². The number of hydrogen-bond donors (Lipinski definition) is 1. The highest BCUT2D eigenvalue weighted by Gasteiger charge is 2.49. The molecule has 1 atom stereocenters. The van der Waals surface area contributed by atoms with E-state index >= 15 is 0 Å². The van der Waals surface area contributed by atoms with Gasteiger partial charge in [-0.15, -0.1) is 0 Å². The quantitative estimate of drug-likeness (QED) is 0.660. The summed E-state index contributed by atoms with van der Waals surface area (Å²) in [5.41, 5.74) is 0.912. The first-order valence-electron chi connectivity index (χ1n) is 5.50. The van der Waals surface area contributed by atoms with Gasteiger partial charge in [0.25, 0.3) is 0 Å². The second kappa shape index (κ2) is 3.05. The molecule has 2 aliphatic rings.